The summed E-state index contributed by atoms with van der Waals surface area (Å²) < 4.78 is 5.05. The minimum Gasteiger partial charge on any atom is -0.462 e. The van der Waals surface area contributed by atoms with Crippen LogP contribution in [0.15, 0.2) is 22.8 Å². The van der Waals surface area contributed by atoms with E-state index in [9.17, 15) is 0 Å². The minimum atomic E-state index is 0.483. The Bertz CT molecular complexity index is 282. The van der Waals surface area contributed by atoms with Crippen LogP contribution in [0.2, 0.25) is 0 Å². The lowest BCUT2D eigenvalue weighted by Gasteiger charge is -2.04. The lowest BCUT2D eigenvalue weighted by molar-refractivity contribution is 0.557. The Hall–Kier alpha value is -0.940. The molecule has 1 aromatic heterocycles. The number of hydrogen-bond acceptors (Lipinski definition) is 3. The Kier molecular flexibility index (Phi) is 3.19. The quantitative estimate of drug-likeness (QED) is 0.663. The van der Waals surface area contributed by atoms with Crippen LogP contribution in [0.5, 0.6) is 0 Å². The van der Waals surface area contributed by atoms with Crippen molar-refractivity contribution in [3.8, 4) is 0 Å². The summed E-state index contributed by atoms with van der Waals surface area (Å²) in [7, 11) is 1.72. The maximum Gasteiger partial charge on any atom is 0.171 e. The fourth-order valence-corrected chi connectivity index (χ4v) is 1.02. The van der Waals surface area contributed by atoms with Gasteiger partial charge in [0, 0.05) is 7.05 Å². The zero-order valence-electron chi connectivity index (χ0n) is 6.46. The summed E-state index contributed by atoms with van der Waals surface area (Å²) in [5, 5.41) is 6.02. The molecule has 12 heavy (non-hydrogen) atoms. The summed E-state index contributed by atoms with van der Waals surface area (Å²) in [5.41, 5.74) is 0. The molecule has 1 rings (SSSR count). The molecule has 0 aliphatic heterocycles. The Morgan fingerprint density at radius 1 is 1.50 bits per heavy atom. The van der Waals surface area contributed by atoms with E-state index in [1.165, 1.54) is 0 Å². The lowest BCUT2D eigenvalue weighted by Crippen LogP contribution is -2.36. The second-order valence-corrected chi connectivity index (χ2v) is 2.83. The van der Waals surface area contributed by atoms with Crippen molar-refractivity contribution in [1.29, 1.82) is 0 Å². The van der Waals surface area contributed by atoms with Gasteiger partial charge in [0.15, 0.2) is 10.9 Å². The summed E-state index contributed by atoms with van der Waals surface area (Å²) in [5.74, 6) is 0.614. The highest BCUT2D eigenvalue weighted by Crippen LogP contribution is 1.99. The number of thiocarbonyl (C=S) groups is 2. The van der Waals surface area contributed by atoms with Crippen molar-refractivity contribution in [3.05, 3.63) is 24.2 Å². The third-order valence-electron chi connectivity index (χ3n) is 1.20. The molecule has 0 saturated carbocycles. The first-order valence-electron chi connectivity index (χ1n) is 3.30. The normalized spacial score (nSPS) is 9.08. The van der Waals surface area contributed by atoms with E-state index in [0.717, 1.165) is 0 Å². The van der Waals surface area contributed by atoms with Crippen molar-refractivity contribution in [1.82, 2.24) is 10.6 Å². The zero-order chi connectivity index (χ0) is 8.97. The molecule has 3 nitrogen and oxygen atoms in total. The Labute approximate surface area is 81.1 Å². The third kappa shape index (κ3) is 2.28. The SMILES string of the molecule is CNC(=S)NC(=S)c1ccco1. The molecule has 0 saturated heterocycles. The molecule has 0 aliphatic rings. The molecule has 2 N–H and O–H groups in total. The standard InChI is InChI=1S/C7H8N2OS2/c1-8-7(12)9-6(11)5-3-2-4-10-5/h2-4H,1H3,(H2,8,9,11,12). The predicted molar refractivity (Wildman–Crippen MR) is 55.2 cm³/mol. The van der Waals surface area contributed by atoms with Crippen LogP contribution in [-0.4, -0.2) is 17.1 Å². The minimum absolute atomic E-state index is 0.483. The van der Waals surface area contributed by atoms with E-state index in [0.29, 0.717) is 15.9 Å². The summed E-state index contributed by atoms with van der Waals surface area (Å²) in [6.07, 6.45) is 1.56. The van der Waals surface area contributed by atoms with Gasteiger partial charge in [-0.05, 0) is 24.4 Å². The molecule has 0 bridgehead atoms. The van der Waals surface area contributed by atoms with Crippen LogP contribution >= 0.6 is 24.4 Å². The van der Waals surface area contributed by atoms with E-state index in [-0.39, 0.29) is 0 Å². The first-order chi connectivity index (χ1) is 5.74. The molecule has 1 heterocycles. The second-order valence-electron chi connectivity index (χ2n) is 2.01. The van der Waals surface area contributed by atoms with Crippen LogP contribution < -0.4 is 10.6 Å². The Morgan fingerprint density at radius 2 is 2.25 bits per heavy atom. The Balaban J connectivity index is 2.56. The predicted octanol–water partition coefficient (Wildman–Crippen LogP) is 1.05. The number of rotatable bonds is 1. The largest absolute Gasteiger partial charge is 0.462 e. The van der Waals surface area contributed by atoms with E-state index >= 15 is 0 Å². The summed E-state index contributed by atoms with van der Waals surface area (Å²) in [6.45, 7) is 0. The average molecular weight is 200 g/mol. The van der Waals surface area contributed by atoms with Gasteiger partial charge in [0.2, 0.25) is 0 Å². The molecule has 0 atom stereocenters. The molecular formula is C7H8N2OS2. The highest BCUT2D eigenvalue weighted by Gasteiger charge is 2.03. The van der Waals surface area contributed by atoms with Gasteiger partial charge in [-0.15, -0.1) is 0 Å². The molecule has 0 spiro atoms. The fraction of sp³-hybridized carbons (Fsp3) is 0.143. The van der Waals surface area contributed by atoms with Gasteiger partial charge in [-0.2, -0.15) is 0 Å². The second kappa shape index (κ2) is 4.18. The first-order valence-corrected chi connectivity index (χ1v) is 4.12. The van der Waals surface area contributed by atoms with E-state index in [1.54, 1.807) is 25.4 Å². The van der Waals surface area contributed by atoms with Crippen LogP contribution in [0.3, 0.4) is 0 Å². The van der Waals surface area contributed by atoms with Crippen molar-refractivity contribution in [2.45, 2.75) is 0 Å². The van der Waals surface area contributed by atoms with Crippen molar-refractivity contribution < 1.29 is 4.42 Å². The van der Waals surface area contributed by atoms with Gasteiger partial charge in [0.25, 0.3) is 0 Å². The molecule has 0 unspecified atom stereocenters. The maximum absolute atomic E-state index is 5.05. The van der Waals surface area contributed by atoms with Gasteiger partial charge < -0.3 is 15.1 Å². The average Bonchev–Trinajstić information content (AvgIpc) is 2.56. The van der Waals surface area contributed by atoms with E-state index in [4.69, 9.17) is 28.9 Å². The Morgan fingerprint density at radius 3 is 2.75 bits per heavy atom. The van der Waals surface area contributed by atoms with E-state index < -0.39 is 0 Å². The monoisotopic (exact) mass is 200 g/mol. The number of hydrogen-bond donors (Lipinski definition) is 2. The van der Waals surface area contributed by atoms with Crippen molar-refractivity contribution in [3.63, 3.8) is 0 Å². The van der Waals surface area contributed by atoms with Gasteiger partial charge in [0.05, 0.1) is 6.26 Å². The van der Waals surface area contributed by atoms with E-state index in [2.05, 4.69) is 10.6 Å². The summed E-state index contributed by atoms with van der Waals surface area (Å²) in [4.78, 5) is 0.486. The molecule has 64 valence electrons. The van der Waals surface area contributed by atoms with Crippen LogP contribution in [0.25, 0.3) is 0 Å². The molecule has 0 aromatic carbocycles. The molecule has 5 heteroatoms. The lowest BCUT2D eigenvalue weighted by atomic mass is 10.4. The van der Waals surface area contributed by atoms with Gasteiger partial charge in [-0.1, -0.05) is 12.2 Å². The third-order valence-corrected chi connectivity index (χ3v) is 1.81. The number of nitrogens with one attached hydrogen (secondary N) is 2. The smallest absolute Gasteiger partial charge is 0.171 e. The van der Waals surface area contributed by atoms with Crippen molar-refractivity contribution >= 4 is 34.5 Å². The molecular weight excluding hydrogens is 192 g/mol. The van der Waals surface area contributed by atoms with Gasteiger partial charge in [-0.3, -0.25) is 0 Å². The first kappa shape index (κ1) is 9.15. The highest BCUT2D eigenvalue weighted by atomic mass is 32.1. The van der Waals surface area contributed by atoms with Crippen LogP contribution in [0, 0.1) is 0 Å². The van der Waals surface area contributed by atoms with Crippen LogP contribution in [0.1, 0.15) is 5.76 Å². The molecule has 0 aliphatic carbocycles. The van der Waals surface area contributed by atoms with Crippen molar-refractivity contribution in [2.24, 2.45) is 0 Å². The zero-order valence-corrected chi connectivity index (χ0v) is 8.09. The maximum atomic E-state index is 5.05. The molecule has 0 fully saturated rings. The van der Waals surface area contributed by atoms with Crippen LogP contribution in [-0.2, 0) is 0 Å². The highest BCUT2D eigenvalue weighted by molar-refractivity contribution is 7.82. The molecule has 1 aromatic rings. The van der Waals surface area contributed by atoms with Gasteiger partial charge >= 0.3 is 0 Å². The molecule has 0 amide bonds. The summed E-state index contributed by atoms with van der Waals surface area (Å²) in [6, 6.07) is 3.54. The fourth-order valence-electron chi connectivity index (χ4n) is 0.635. The molecule has 0 radical (unpaired) electrons. The van der Waals surface area contributed by atoms with Gasteiger partial charge in [0.1, 0.15) is 4.99 Å². The van der Waals surface area contributed by atoms with E-state index in [1.807, 2.05) is 0 Å². The van der Waals surface area contributed by atoms with Gasteiger partial charge in [-0.25, -0.2) is 0 Å². The summed E-state index contributed by atoms with van der Waals surface area (Å²) >= 11 is 9.84. The van der Waals surface area contributed by atoms with Crippen LogP contribution in [0.4, 0.5) is 0 Å². The topological polar surface area (TPSA) is 37.2 Å². The van der Waals surface area contributed by atoms with Crippen molar-refractivity contribution in [2.75, 3.05) is 7.05 Å². The number of furan rings is 1.